The zero-order valence-corrected chi connectivity index (χ0v) is 16.8. The van der Waals surface area contributed by atoms with E-state index in [4.69, 9.17) is 0 Å². The van der Waals surface area contributed by atoms with Crippen LogP contribution < -0.4 is 10.6 Å². The molecule has 1 aromatic carbocycles. The van der Waals surface area contributed by atoms with Crippen molar-refractivity contribution in [1.29, 1.82) is 0 Å². The summed E-state index contributed by atoms with van der Waals surface area (Å²) >= 11 is 0. The summed E-state index contributed by atoms with van der Waals surface area (Å²) in [7, 11) is 1.72. The molecule has 1 aromatic rings. The van der Waals surface area contributed by atoms with Gasteiger partial charge < -0.3 is 10.6 Å². The van der Waals surface area contributed by atoms with Crippen molar-refractivity contribution in [2.75, 3.05) is 20.1 Å². The second-order valence-corrected chi connectivity index (χ2v) is 8.72. The van der Waals surface area contributed by atoms with E-state index in [2.05, 4.69) is 53.6 Å². The molecule has 1 aliphatic heterocycles. The third-order valence-corrected chi connectivity index (χ3v) is 6.19. The minimum absolute atomic E-state index is 0.117. The molecule has 3 rings (SSSR count). The van der Waals surface area contributed by atoms with Crippen molar-refractivity contribution in [2.45, 2.75) is 52.1 Å². The molecule has 1 aliphatic carbocycles. The number of rotatable bonds is 7. The Kier molecular flexibility index (Phi) is 6.20. The topological polar surface area (TPSA) is 61.4 Å². The molecular formula is C22H33N3O2. The minimum atomic E-state index is -0.375. The van der Waals surface area contributed by atoms with E-state index in [9.17, 15) is 9.59 Å². The molecule has 5 nitrogen and oxygen atoms in total. The maximum atomic E-state index is 12.8. The molecule has 1 heterocycles. The van der Waals surface area contributed by atoms with Crippen molar-refractivity contribution in [3.05, 3.63) is 35.9 Å². The zero-order chi connectivity index (χ0) is 19.4. The highest BCUT2D eigenvalue weighted by atomic mass is 16.2. The molecule has 27 heavy (non-hydrogen) atoms. The van der Waals surface area contributed by atoms with Crippen LogP contribution in [0.1, 0.15) is 45.1 Å². The lowest BCUT2D eigenvalue weighted by Gasteiger charge is -2.27. The van der Waals surface area contributed by atoms with Crippen LogP contribution in [-0.4, -0.2) is 42.9 Å². The predicted octanol–water partition coefficient (Wildman–Crippen LogP) is 2.57. The van der Waals surface area contributed by atoms with Gasteiger partial charge in [-0.1, -0.05) is 44.2 Å². The van der Waals surface area contributed by atoms with Crippen molar-refractivity contribution >= 4 is 11.8 Å². The fourth-order valence-corrected chi connectivity index (χ4v) is 4.87. The van der Waals surface area contributed by atoms with Gasteiger partial charge in [0.15, 0.2) is 0 Å². The first-order chi connectivity index (χ1) is 12.9. The molecule has 3 atom stereocenters. The quantitative estimate of drug-likeness (QED) is 0.774. The highest BCUT2D eigenvalue weighted by Gasteiger charge is 2.57. The van der Waals surface area contributed by atoms with E-state index in [1.54, 1.807) is 7.05 Å². The number of likely N-dealkylation sites (tertiary alicyclic amines) is 1. The van der Waals surface area contributed by atoms with Crippen LogP contribution in [0.4, 0.5) is 0 Å². The molecule has 148 valence electrons. The zero-order valence-electron chi connectivity index (χ0n) is 16.8. The van der Waals surface area contributed by atoms with E-state index in [0.717, 1.165) is 38.9 Å². The van der Waals surface area contributed by atoms with Gasteiger partial charge in [-0.25, -0.2) is 0 Å². The monoisotopic (exact) mass is 371 g/mol. The number of carbonyl (C=O) groups is 2. The van der Waals surface area contributed by atoms with E-state index in [1.165, 1.54) is 5.56 Å². The van der Waals surface area contributed by atoms with Gasteiger partial charge in [-0.15, -0.1) is 0 Å². The van der Waals surface area contributed by atoms with Gasteiger partial charge in [-0.05, 0) is 36.7 Å². The fraction of sp³-hybridized carbons (Fsp3) is 0.636. The summed E-state index contributed by atoms with van der Waals surface area (Å²) in [5.74, 6) is 1.09. The van der Waals surface area contributed by atoms with Crippen LogP contribution in [0.2, 0.25) is 0 Å². The molecule has 0 unspecified atom stereocenters. The molecular weight excluding hydrogens is 338 g/mol. The van der Waals surface area contributed by atoms with E-state index in [-0.39, 0.29) is 23.3 Å². The summed E-state index contributed by atoms with van der Waals surface area (Å²) in [5.41, 5.74) is 0.905. The van der Waals surface area contributed by atoms with Crippen LogP contribution in [0, 0.1) is 17.3 Å². The Morgan fingerprint density at radius 2 is 2.00 bits per heavy atom. The number of hydrogen-bond acceptors (Lipinski definition) is 3. The molecule has 2 N–H and O–H groups in total. The third-order valence-electron chi connectivity index (χ3n) is 6.19. The fourth-order valence-electron chi connectivity index (χ4n) is 4.87. The van der Waals surface area contributed by atoms with Crippen molar-refractivity contribution in [1.82, 2.24) is 15.5 Å². The molecule has 1 saturated heterocycles. The van der Waals surface area contributed by atoms with Gasteiger partial charge in [0.25, 0.3) is 0 Å². The molecule has 1 saturated carbocycles. The van der Waals surface area contributed by atoms with Crippen LogP contribution in [-0.2, 0) is 16.1 Å². The van der Waals surface area contributed by atoms with Crippen molar-refractivity contribution in [3.63, 3.8) is 0 Å². The second-order valence-electron chi connectivity index (χ2n) is 8.72. The van der Waals surface area contributed by atoms with Crippen LogP contribution >= 0.6 is 0 Å². The number of nitrogens with one attached hydrogen (secondary N) is 2. The van der Waals surface area contributed by atoms with Crippen molar-refractivity contribution < 1.29 is 9.59 Å². The van der Waals surface area contributed by atoms with E-state index < -0.39 is 0 Å². The molecule has 5 heteroatoms. The number of nitrogens with zero attached hydrogens (tertiary/aromatic N) is 1. The Labute approximate surface area is 162 Å². The average molecular weight is 372 g/mol. The molecule has 2 amide bonds. The lowest BCUT2D eigenvalue weighted by Crippen LogP contribution is -2.44. The third kappa shape index (κ3) is 4.52. The van der Waals surface area contributed by atoms with Crippen LogP contribution in [0.3, 0.4) is 0 Å². The van der Waals surface area contributed by atoms with Gasteiger partial charge in [0.1, 0.15) is 0 Å². The SMILES string of the molecule is CNC(=O)[C@]12C[C@@H](NC(=O)CCC(C)C)C[C@H]1CN(Cc1ccccc1)C2. The average Bonchev–Trinajstić information content (AvgIpc) is 3.14. The van der Waals surface area contributed by atoms with Crippen LogP contribution in [0.15, 0.2) is 30.3 Å². The standard InChI is InChI=1S/C22H33N3O2/c1-16(2)9-10-20(26)24-19-11-18-14-25(13-17-7-5-4-6-8-17)15-22(18,12-19)21(27)23-3/h4-8,16,18-19H,9-15H2,1-3H3,(H,23,27)(H,24,26)/t18-,19-,22-/m0/s1. The first-order valence-corrected chi connectivity index (χ1v) is 10.2. The predicted molar refractivity (Wildman–Crippen MR) is 107 cm³/mol. The summed E-state index contributed by atoms with van der Waals surface area (Å²) in [6, 6.07) is 10.5. The Bertz CT molecular complexity index is 661. The Morgan fingerprint density at radius 1 is 1.26 bits per heavy atom. The summed E-state index contributed by atoms with van der Waals surface area (Å²) in [5, 5.41) is 6.08. The lowest BCUT2D eigenvalue weighted by molar-refractivity contribution is -0.131. The van der Waals surface area contributed by atoms with Gasteiger partial charge in [-0.2, -0.15) is 0 Å². The highest BCUT2D eigenvalue weighted by molar-refractivity contribution is 5.84. The number of fused-ring (bicyclic) bond motifs is 1. The molecule has 2 fully saturated rings. The van der Waals surface area contributed by atoms with Gasteiger partial charge in [0, 0.05) is 39.1 Å². The summed E-state index contributed by atoms with van der Waals surface area (Å²) < 4.78 is 0. The van der Waals surface area contributed by atoms with Gasteiger partial charge in [-0.3, -0.25) is 14.5 Å². The van der Waals surface area contributed by atoms with Gasteiger partial charge in [0.05, 0.1) is 5.41 Å². The molecule has 2 aliphatic rings. The lowest BCUT2D eigenvalue weighted by atomic mass is 9.80. The number of benzene rings is 1. The number of amides is 2. The molecule has 0 bridgehead atoms. The highest BCUT2D eigenvalue weighted by Crippen LogP contribution is 2.49. The second kappa shape index (κ2) is 8.42. The summed E-state index contributed by atoms with van der Waals surface area (Å²) in [6.07, 6.45) is 3.13. The number of hydrogen-bond donors (Lipinski definition) is 2. The van der Waals surface area contributed by atoms with Crippen LogP contribution in [0.25, 0.3) is 0 Å². The Morgan fingerprint density at radius 3 is 2.67 bits per heavy atom. The smallest absolute Gasteiger partial charge is 0.227 e. The van der Waals surface area contributed by atoms with Gasteiger partial charge >= 0.3 is 0 Å². The minimum Gasteiger partial charge on any atom is -0.359 e. The summed E-state index contributed by atoms with van der Waals surface area (Å²) in [4.78, 5) is 27.5. The Balaban J connectivity index is 1.63. The van der Waals surface area contributed by atoms with E-state index in [0.29, 0.717) is 18.3 Å². The Hall–Kier alpha value is -1.88. The maximum Gasteiger partial charge on any atom is 0.227 e. The normalized spacial score (nSPS) is 27.6. The first-order valence-electron chi connectivity index (χ1n) is 10.2. The largest absolute Gasteiger partial charge is 0.359 e. The van der Waals surface area contributed by atoms with Crippen molar-refractivity contribution in [3.8, 4) is 0 Å². The number of carbonyl (C=O) groups excluding carboxylic acids is 2. The molecule has 0 spiro atoms. The first kappa shape index (κ1) is 19.9. The maximum absolute atomic E-state index is 12.8. The summed E-state index contributed by atoms with van der Waals surface area (Å²) in [6.45, 7) is 6.83. The molecule has 0 radical (unpaired) electrons. The van der Waals surface area contributed by atoms with E-state index >= 15 is 0 Å². The van der Waals surface area contributed by atoms with Crippen molar-refractivity contribution in [2.24, 2.45) is 17.3 Å². The van der Waals surface area contributed by atoms with E-state index in [1.807, 2.05) is 6.07 Å². The van der Waals surface area contributed by atoms with Gasteiger partial charge in [0.2, 0.25) is 11.8 Å². The van der Waals surface area contributed by atoms with Crippen LogP contribution in [0.5, 0.6) is 0 Å². The molecule has 0 aromatic heterocycles.